The Bertz CT molecular complexity index is 802. The van der Waals surface area contributed by atoms with Crippen molar-refractivity contribution < 1.29 is 19.0 Å². The normalized spacial score (nSPS) is 19.7. The van der Waals surface area contributed by atoms with Crippen LogP contribution in [0.5, 0.6) is 5.75 Å². The summed E-state index contributed by atoms with van der Waals surface area (Å²) in [4.78, 5) is 12.5. The summed E-state index contributed by atoms with van der Waals surface area (Å²) in [6.45, 7) is 3.40. The summed E-state index contributed by atoms with van der Waals surface area (Å²) >= 11 is 0. The largest absolute Gasteiger partial charge is 0.484 e. The van der Waals surface area contributed by atoms with Crippen LogP contribution >= 0.6 is 0 Å². The highest BCUT2D eigenvalue weighted by Gasteiger charge is 2.44. The molecule has 130 valence electrons. The SMILES string of the molecule is CC1=NN(C(=O)COc2ccc(F)cc2)[C@](O)(c2ccc(C)cc2)C1. The summed E-state index contributed by atoms with van der Waals surface area (Å²) in [5.41, 5.74) is 0.772. The molecule has 0 saturated carbocycles. The van der Waals surface area contributed by atoms with Gasteiger partial charge in [-0.15, -0.1) is 0 Å². The molecule has 1 aliphatic rings. The number of aliphatic hydroxyl groups is 1. The number of hydrazone groups is 1. The number of nitrogens with zero attached hydrogens (tertiary/aromatic N) is 2. The molecule has 0 spiro atoms. The Labute approximate surface area is 145 Å². The molecule has 1 atom stereocenters. The van der Waals surface area contributed by atoms with Gasteiger partial charge in [0, 0.05) is 17.7 Å². The van der Waals surface area contributed by atoms with Gasteiger partial charge in [0.05, 0.1) is 0 Å². The molecular formula is C19H19FN2O3. The van der Waals surface area contributed by atoms with Crippen molar-refractivity contribution in [2.24, 2.45) is 5.10 Å². The van der Waals surface area contributed by atoms with E-state index in [9.17, 15) is 14.3 Å². The van der Waals surface area contributed by atoms with Crippen molar-refractivity contribution in [1.82, 2.24) is 5.01 Å². The number of rotatable bonds is 4. The van der Waals surface area contributed by atoms with E-state index in [-0.39, 0.29) is 18.8 Å². The maximum atomic E-state index is 12.9. The standard InChI is InChI=1S/C19H19FN2O3/c1-13-3-5-15(6-4-13)19(24)11-14(2)21-22(19)18(23)12-25-17-9-7-16(20)8-10-17/h3-10,24H,11-12H2,1-2H3/t19-/m1/s1. The van der Waals surface area contributed by atoms with Crippen molar-refractivity contribution in [3.05, 3.63) is 65.5 Å². The smallest absolute Gasteiger partial charge is 0.283 e. The van der Waals surface area contributed by atoms with Crippen LogP contribution in [0.4, 0.5) is 4.39 Å². The van der Waals surface area contributed by atoms with Gasteiger partial charge in [-0.05, 0) is 38.1 Å². The monoisotopic (exact) mass is 342 g/mol. The van der Waals surface area contributed by atoms with Crippen molar-refractivity contribution in [2.45, 2.75) is 26.0 Å². The number of hydrogen-bond acceptors (Lipinski definition) is 4. The molecule has 0 fully saturated rings. The van der Waals surface area contributed by atoms with Crippen molar-refractivity contribution in [3.63, 3.8) is 0 Å². The van der Waals surface area contributed by atoms with Gasteiger partial charge < -0.3 is 9.84 Å². The van der Waals surface area contributed by atoms with Crippen LogP contribution in [0.1, 0.15) is 24.5 Å². The number of hydrogen-bond donors (Lipinski definition) is 1. The number of benzene rings is 2. The van der Waals surface area contributed by atoms with Gasteiger partial charge in [0.25, 0.3) is 5.91 Å². The predicted octanol–water partition coefficient (Wildman–Crippen LogP) is 2.97. The average molecular weight is 342 g/mol. The molecule has 1 amide bonds. The van der Waals surface area contributed by atoms with Gasteiger partial charge in [-0.2, -0.15) is 10.1 Å². The Balaban J connectivity index is 1.77. The second kappa shape index (κ2) is 6.64. The Kier molecular flexibility index (Phi) is 4.55. The van der Waals surface area contributed by atoms with Crippen molar-refractivity contribution in [3.8, 4) is 5.75 Å². The van der Waals surface area contributed by atoms with Gasteiger partial charge in [-0.1, -0.05) is 29.8 Å². The fraction of sp³-hybridized carbons (Fsp3) is 0.263. The molecule has 0 radical (unpaired) electrons. The summed E-state index contributed by atoms with van der Waals surface area (Å²) in [6.07, 6.45) is 0.234. The quantitative estimate of drug-likeness (QED) is 0.929. The molecule has 5 nitrogen and oxygen atoms in total. The molecule has 0 aliphatic carbocycles. The van der Waals surface area contributed by atoms with Crippen LogP contribution in [-0.2, 0) is 10.5 Å². The van der Waals surface area contributed by atoms with Crippen LogP contribution in [0.3, 0.4) is 0 Å². The molecule has 1 heterocycles. The molecule has 0 bridgehead atoms. The minimum absolute atomic E-state index is 0.234. The zero-order chi connectivity index (χ0) is 18.0. The number of aryl methyl sites for hydroxylation is 1. The second-order valence-electron chi connectivity index (χ2n) is 6.14. The minimum Gasteiger partial charge on any atom is -0.484 e. The average Bonchev–Trinajstić information content (AvgIpc) is 2.90. The summed E-state index contributed by atoms with van der Waals surface area (Å²) in [6, 6.07) is 12.7. The maximum Gasteiger partial charge on any atom is 0.283 e. The fourth-order valence-corrected chi connectivity index (χ4v) is 2.76. The second-order valence-corrected chi connectivity index (χ2v) is 6.14. The maximum absolute atomic E-state index is 12.9. The first-order valence-electron chi connectivity index (χ1n) is 7.93. The molecule has 1 N–H and O–H groups in total. The van der Waals surface area contributed by atoms with E-state index in [0.717, 1.165) is 10.6 Å². The van der Waals surface area contributed by atoms with Crippen molar-refractivity contribution >= 4 is 11.6 Å². The van der Waals surface area contributed by atoms with Crippen LogP contribution in [0.2, 0.25) is 0 Å². The Morgan fingerprint density at radius 2 is 1.84 bits per heavy atom. The Morgan fingerprint density at radius 1 is 1.20 bits per heavy atom. The lowest BCUT2D eigenvalue weighted by molar-refractivity contribution is -0.159. The highest BCUT2D eigenvalue weighted by atomic mass is 19.1. The topological polar surface area (TPSA) is 62.1 Å². The van der Waals surface area contributed by atoms with Gasteiger partial charge in [-0.3, -0.25) is 4.79 Å². The van der Waals surface area contributed by atoms with Crippen molar-refractivity contribution in [1.29, 1.82) is 0 Å². The lowest BCUT2D eigenvalue weighted by atomic mass is 9.97. The van der Waals surface area contributed by atoms with Gasteiger partial charge >= 0.3 is 0 Å². The van der Waals surface area contributed by atoms with E-state index < -0.39 is 11.6 Å². The fourth-order valence-electron chi connectivity index (χ4n) is 2.76. The van der Waals surface area contributed by atoms with Crippen LogP contribution in [0.15, 0.2) is 53.6 Å². The number of carbonyl (C=O) groups excluding carboxylic acids is 1. The first kappa shape index (κ1) is 17.1. The van der Waals surface area contributed by atoms with Gasteiger partial charge in [0.2, 0.25) is 0 Å². The van der Waals surface area contributed by atoms with Crippen LogP contribution in [0.25, 0.3) is 0 Å². The molecule has 2 aromatic carbocycles. The molecular weight excluding hydrogens is 323 g/mol. The molecule has 0 unspecified atom stereocenters. The van der Waals surface area contributed by atoms with E-state index in [1.165, 1.54) is 24.3 Å². The molecule has 3 rings (SSSR count). The molecule has 2 aromatic rings. The molecule has 6 heteroatoms. The molecule has 0 saturated heterocycles. The third-order valence-corrected chi connectivity index (χ3v) is 4.05. The molecule has 1 aliphatic heterocycles. The van der Waals surface area contributed by atoms with Crippen LogP contribution in [-0.4, -0.2) is 28.3 Å². The minimum atomic E-state index is -1.53. The zero-order valence-corrected chi connectivity index (χ0v) is 14.1. The lowest BCUT2D eigenvalue weighted by Crippen LogP contribution is -2.45. The van der Waals surface area contributed by atoms with E-state index in [4.69, 9.17) is 4.74 Å². The highest BCUT2D eigenvalue weighted by molar-refractivity contribution is 5.89. The molecule has 0 aromatic heterocycles. The van der Waals surface area contributed by atoms with Gasteiger partial charge in [0.1, 0.15) is 11.6 Å². The first-order chi connectivity index (χ1) is 11.9. The van der Waals surface area contributed by atoms with E-state index in [0.29, 0.717) is 17.0 Å². The zero-order valence-electron chi connectivity index (χ0n) is 14.1. The molecule has 25 heavy (non-hydrogen) atoms. The third-order valence-electron chi connectivity index (χ3n) is 4.05. The van der Waals surface area contributed by atoms with Gasteiger partial charge in [0.15, 0.2) is 12.3 Å². The summed E-state index contributed by atoms with van der Waals surface area (Å²) in [5, 5.41) is 16.3. The van der Waals surface area contributed by atoms with E-state index in [1.807, 2.05) is 19.1 Å². The van der Waals surface area contributed by atoms with Crippen molar-refractivity contribution in [2.75, 3.05) is 6.61 Å². The summed E-state index contributed by atoms with van der Waals surface area (Å²) in [5.74, 6) is -0.495. The van der Waals surface area contributed by atoms with E-state index in [1.54, 1.807) is 19.1 Å². The third kappa shape index (κ3) is 3.53. The highest BCUT2D eigenvalue weighted by Crippen LogP contribution is 2.35. The van der Waals surface area contributed by atoms with Gasteiger partial charge in [-0.25, -0.2) is 4.39 Å². The number of ether oxygens (including phenoxy) is 1. The summed E-state index contributed by atoms with van der Waals surface area (Å²) in [7, 11) is 0. The van der Waals surface area contributed by atoms with E-state index >= 15 is 0 Å². The number of halogens is 1. The lowest BCUT2D eigenvalue weighted by Gasteiger charge is -2.31. The Hall–Kier alpha value is -2.73. The first-order valence-corrected chi connectivity index (χ1v) is 7.93. The van der Waals surface area contributed by atoms with Crippen LogP contribution < -0.4 is 4.74 Å². The number of amides is 1. The van der Waals surface area contributed by atoms with E-state index in [2.05, 4.69) is 5.10 Å². The predicted molar refractivity (Wildman–Crippen MR) is 91.5 cm³/mol. The van der Waals surface area contributed by atoms with Crippen LogP contribution in [0, 0.1) is 12.7 Å². The Morgan fingerprint density at radius 3 is 2.48 bits per heavy atom. The number of carbonyl (C=O) groups is 1. The summed E-state index contributed by atoms with van der Waals surface area (Å²) < 4.78 is 18.3.